The Bertz CT molecular complexity index is 1090. The number of halogens is 3. The van der Waals surface area contributed by atoms with Crippen LogP contribution in [-0.2, 0) is 11.0 Å². The van der Waals surface area contributed by atoms with Crippen molar-refractivity contribution in [3.8, 4) is 0 Å². The molecule has 0 radical (unpaired) electrons. The Labute approximate surface area is 166 Å². The quantitative estimate of drug-likeness (QED) is 0.278. The summed E-state index contributed by atoms with van der Waals surface area (Å²) in [5, 5.41) is 13.0. The summed E-state index contributed by atoms with van der Waals surface area (Å²) in [6.07, 6.45) is -4.74. The van der Waals surface area contributed by atoms with Gasteiger partial charge >= 0.3 is 6.18 Å². The minimum absolute atomic E-state index is 0.00141. The summed E-state index contributed by atoms with van der Waals surface area (Å²) in [4.78, 5) is 30.0. The van der Waals surface area contributed by atoms with Crippen LogP contribution in [-0.4, -0.2) is 26.0 Å². The van der Waals surface area contributed by atoms with Crippen molar-refractivity contribution < 1.29 is 22.9 Å². The van der Waals surface area contributed by atoms with E-state index in [1.807, 2.05) is 0 Å². The van der Waals surface area contributed by atoms with E-state index in [1.54, 1.807) is 18.2 Å². The number of rotatable bonds is 5. The highest BCUT2D eigenvalue weighted by atomic mass is 32.2. The van der Waals surface area contributed by atoms with Gasteiger partial charge in [-0.25, -0.2) is 9.97 Å². The van der Waals surface area contributed by atoms with Crippen molar-refractivity contribution in [2.24, 2.45) is 0 Å². The maximum absolute atomic E-state index is 13.1. The van der Waals surface area contributed by atoms with Gasteiger partial charge < -0.3 is 5.32 Å². The smallest absolute Gasteiger partial charge is 0.319 e. The zero-order valence-corrected chi connectivity index (χ0v) is 15.6. The number of para-hydroxylation sites is 3. The van der Waals surface area contributed by atoms with Gasteiger partial charge in [-0.2, -0.15) is 13.2 Å². The molecule has 7 nitrogen and oxygen atoms in total. The summed E-state index contributed by atoms with van der Waals surface area (Å²) in [6, 6.07) is 11.7. The van der Waals surface area contributed by atoms with Crippen LogP contribution in [0.2, 0.25) is 0 Å². The van der Waals surface area contributed by atoms with Crippen LogP contribution in [0, 0.1) is 10.1 Å². The molecule has 1 N–H and O–H groups in total. The number of fused-ring (bicyclic) bond motifs is 1. The van der Waals surface area contributed by atoms with Crippen molar-refractivity contribution in [3.63, 3.8) is 0 Å². The van der Waals surface area contributed by atoms with E-state index in [2.05, 4.69) is 15.3 Å². The number of anilines is 1. The van der Waals surface area contributed by atoms with Crippen LogP contribution >= 0.6 is 11.8 Å². The van der Waals surface area contributed by atoms with Crippen LogP contribution in [0.15, 0.2) is 53.6 Å². The third-order valence-corrected chi connectivity index (χ3v) is 4.94. The molecule has 3 aromatic rings. The average molecular weight is 422 g/mol. The van der Waals surface area contributed by atoms with Gasteiger partial charge in [0.15, 0.2) is 0 Å². The van der Waals surface area contributed by atoms with E-state index in [4.69, 9.17) is 0 Å². The molecule has 3 rings (SSSR count). The molecule has 0 aliphatic heterocycles. The number of aromatic nitrogens is 2. The van der Waals surface area contributed by atoms with E-state index in [0.29, 0.717) is 5.39 Å². The zero-order valence-electron chi connectivity index (χ0n) is 14.8. The highest BCUT2D eigenvalue weighted by Gasteiger charge is 2.36. The summed E-state index contributed by atoms with van der Waals surface area (Å²) in [5.74, 6) is -1.91. The molecule has 150 valence electrons. The van der Waals surface area contributed by atoms with E-state index < -0.39 is 28.1 Å². The van der Waals surface area contributed by atoms with Gasteiger partial charge in [0.05, 0.1) is 15.7 Å². The molecule has 1 atom stereocenters. The molecule has 0 saturated heterocycles. The van der Waals surface area contributed by atoms with Crippen LogP contribution in [0.25, 0.3) is 10.9 Å². The fourth-order valence-electron chi connectivity index (χ4n) is 2.46. The summed E-state index contributed by atoms with van der Waals surface area (Å²) in [5.41, 5.74) is -0.188. The Hall–Kier alpha value is -3.21. The molecule has 29 heavy (non-hydrogen) atoms. The van der Waals surface area contributed by atoms with Crippen LogP contribution < -0.4 is 5.32 Å². The number of nitro benzene ring substituents is 1. The van der Waals surface area contributed by atoms with Crippen LogP contribution in [0.3, 0.4) is 0 Å². The fraction of sp³-hybridized carbons (Fsp3) is 0.167. The average Bonchev–Trinajstić information content (AvgIpc) is 2.67. The molecule has 0 fully saturated rings. The topological polar surface area (TPSA) is 98.0 Å². The second-order valence-corrected chi connectivity index (χ2v) is 7.22. The molecule has 0 bridgehead atoms. The first-order chi connectivity index (χ1) is 13.7. The number of thioether (sulfide) groups is 1. The number of carbonyl (C=O) groups excluding carboxylic acids is 1. The largest absolute Gasteiger partial charge is 0.451 e. The fourth-order valence-corrected chi connectivity index (χ4v) is 3.40. The van der Waals surface area contributed by atoms with E-state index in [-0.39, 0.29) is 21.9 Å². The van der Waals surface area contributed by atoms with Crippen molar-refractivity contribution >= 4 is 39.9 Å². The summed E-state index contributed by atoms with van der Waals surface area (Å²) >= 11 is 0.812. The molecular formula is C18H13F3N4O3S. The molecule has 1 heterocycles. The maximum Gasteiger partial charge on any atom is 0.451 e. The molecule has 1 unspecified atom stereocenters. The van der Waals surface area contributed by atoms with E-state index in [0.717, 1.165) is 11.8 Å². The van der Waals surface area contributed by atoms with Crippen molar-refractivity contribution in [3.05, 3.63) is 64.5 Å². The minimum Gasteiger partial charge on any atom is -0.319 e. The van der Waals surface area contributed by atoms with Gasteiger partial charge in [-0.15, -0.1) is 0 Å². The predicted octanol–water partition coefficient (Wildman–Crippen LogP) is 4.68. The number of benzene rings is 2. The van der Waals surface area contributed by atoms with Crippen molar-refractivity contribution in [2.45, 2.75) is 23.4 Å². The first-order valence-corrected chi connectivity index (χ1v) is 9.09. The van der Waals surface area contributed by atoms with E-state index in [9.17, 15) is 28.1 Å². The molecular weight excluding hydrogens is 409 g/mol. The zero-order chi connectivity index (χ0) is 21.2. The summed E-state index contributed by atoms with van der Waals surface area (Å²) in [7, 11) is 0. The Kier molecular flexibility index (Phi) is 5.69. The number of amides is 1. The number of nitrogens with zero attached hydrogens (tertiary/aromatic N) is 3. The number of alkyl halides is 3. The maximum atomic E-state index is 13.1. The van der Waals surface area contributed by atoms with Gasteiger partial charge in [0.1, 0.15) is 10.7 Å². The second-order valence-electron chi connectivity index (χ2n) is 5.89. The van der Waals surface area contributed by atoms with E-state index >= 15 is 0 Å². The molecule has 0 aliphatic rings. The highest BCUT2D eigenvalue weighted by Crippen LogP contribution is 2.34. The van der Waals surface area contributed by atoms with Gasteiger partial charge in [0.25, 0.3) is 5.69 Å². The normalized spacial score (nSPS) is 12.6. The molecule has 1 aromatic heterocycles. The van der Waals surface area contributed by atoms with Crippen molar-refractivity contribution in [1.82, 2.24) is 9.97 Å². The molecule has 1 amide bonds. The first kappa shape index (κ1) is 20.5. The van der Waals surface area contributed by atoms with Gasteiger partial charge in [0.2, 0.25) is 11.7 Å². The lowest BCUT2D eigenvalue weighted by atomic mass is 10.2. The van der Waals surface area contributed by atoms with E-state index in [1.165, 1.54) is 37.3 Å². The summed E-state index contributed by atoms with van der Waals surface area (Å²) < 4.78 is 39.4. The highest BCUT2D eigenvalue weighted by molar-refractivity contribution is 8.00. The second kappa shape index (κ2) is 8.03. The molecule has 2 aromatic carbocycles. The Morgan fingerprint density at radius 3 is 2.48 bits per heavy atom. The van der Waals surface area contributed by atoms with Gasteiger partial charge in [0, 0.05) is 11.5 Å². The molecule has 0 aliphatic carbocycles. The Balaban J connectivity index is 1.89. The van der Waals surface area contributed by atoms with Gasteiger partial charge in [-0.05, 0) is 19.1 Å². The lowest BCUT2D eigenvalue weighted by molar-refractivity contribution is -0.383. The number of nitro groups is 1. The SMILES string of the molecule is CC(Sc1nc(C(F)(F)F)nc2ccccc12)C(=O)Nc1ccccc1[N+](=O)[O-]. The number of carbonyl (C=O) groups is 1. The third kappa shape index (κ3) is 4.62. The van der Waals surface area contributed by atoms with Gasteiger partial charge in [-0.1, -0.05) is 42.1 Å². The molecule has 0 saturated carbocycles. The summed E-state index contributed by atoms with van der Waals surface area (Å²) in [6.45, 7) is 1.47. The lowest BCUT2D eigenvalue weighted by Gasteiger charge is -2.14. The number of nitrogens with one attached hydrogen (secondary N) is 1. The number of hydrogen-bond donors (Lipinski definition) is 1. The monoisotopic (exact) mass is 422 g/mol. The van der Waals surface area contributed by atoms with Crippen LogP contribution in [0.1, 0.15) is 12.7 Å². The standard InChI is InChI=1S/C18H13F3N4O3S/c1-10(15(26)22-13-8-4-5-9-14(13)25(27)28)29-16-11-6-2-3-7-12(11)23-17(24-16)18(19,20)21/h2-10H,1H3,(H,22,26). The third-order valence-electron chi connectivity index (χ3n) is 3.84. The minimum atomic E-state index is -4.74. The van der Waals surface area contributed by atoms with Crippen molar-refractivity contribution in [2.75, 3.05) is 5.32 Å². The van der Waals surface area contributed by atoms with Crippen LogP contribution in [0.4, 0.5) is 24.5 Å². The van der Waals surface area contributed by atoms with Crippen molar-refractivity contribution in [1.29, 1.82) is 0 Å². The number of hydrogen-bond acceptors (Lipinski definition) is 6. The lowest BCUT2D eigenvalue weighted by Crippen LogP contribution is -2.23. The van der Waals surface area contributed by atoms with Crippen LogP contribution in [0.5, 0.6) is 0 Å². The Morgan fingerprint density at radius 2 is 1.79 bits per heavy atom. The van der Waals surface area contributed by atoms with Gasteiger partial charge in [-0.3, -0.25) is 14.9 Å². The molecule has 11 heteroatoms. The predicted molar refractivity (Wildman–Crippen MR) is 102 cm³/mol. The Morgan fingerprint density at radius 1 is 1.14 bits per heavy atom. The first-order valence-electron chi connectivity index (χ1n) is 8.21. The molecule has 0 spiro atoms.